The summed E-state index contributed by atoms with van der Waals surface area (Å²) in [5, 5.41) is 13.9. The van der Waals surface area contributed by atoms with E-state index in [4.69, 9.17) is 14.6 Å². The van der Waals surface area contributed by atoms with Crippen molar-refractivity contribution in [1.82, 2.24) is 10.6 Å². The number of carboxylic acid groups (broad SMARTS) is 1. The summed E-state index contributed by atoms with van der Waals surface area (Å²) < 4.78 is 10.4. The van der Waals surface area contributed by atoms with E-state index in [0.29, 0.717) is 0 Å². The first-order valence-corrected chi connectivity index (χ1v) is 10.2. The Morgan fingerprint density at radius 1 is 1.03 bits per heavy atom. The Kier molecular flexibility index (Phi) is 8.14. The first-order valence-electron chi connectivity index (χ1n) is 9.36. The number of thiophene rings is 1. The van der Waals surface area contributed by atoms with Crippen molar-refractivity contribution in [2.45, 2.75) is 39.0 Å². The molecule has 0 spiro atoms. The molecule has 2 amide bonds. The van der Waals surface area contributed by atoms with Crippen LogP contribution in [0.25, 0.3) is 0 Å². The molecule has 2 rings (SSSR count). The molecule has 0 aliphatic heterocycles. The molecule has 1 atom stereocenters. The number of ether oxygens (including phenoxy) is 2. The lowest BCUT2D eigenvalue weighted by molar-refractivity contribution is -0.157. The summed E-state index contributed by atoms with van der Waals surface area (Å²) in [6, 6.07) is 10.5. The number of amides is 2. The predicted octanol–water partition coefficient (Wildman–Crippen LogP) is 2.81. The monoisotopic (exact) mass is 448 g/mol. The van der Waals surface area contributed by atoms with Crippen molar-refractivity contribution in [2.24, 2.45) is 0 Å². The summed E-state index contributed by atoms with van der Waals surface area (Å²) in [6.07, 6.45) is -0.849. The van der Waals surface area contributed by atoms with Crippen molar-refractivity contribution in [3.05, 3.63) is 57.8 Å². The molecule has 9 nitrogen and oxygen atoms in total. The molecule has 166 valence electrons. The second kappa shape index (κ2) is 10.6. The maximum atomic E-state index is 12.5. The van der Waals surface area contributed by atoms with Gasteiger partial charge in [-0.3, -0.25) is 4.79 Å². The third kappa shape index (κ3) is 8.09. The molecule has 1 aromatic carbocycles. The fourth-order valence-electron chi connectivity index (χ4n) is 2.33. The maximum Gasteiger partial charge on any atom is 0.408 e. The van der Waals surface area contributed by atoms with Gasteiger partial charge in [0.2, 0.25) is 0 Å². The Balaban J connectivity index is 1.99. The van der Waals surface area contributed by atoms with E-state index in [-0.39, 0.29) is 22.9 Å². The number of aromatic carboxylic acids is 1. The number of hydrogen-bond acceptors (Lipinski definition) is 7. The van der Waals surface area contributed by atoms with Gasteiger partial charge >= 0.3 is 18.0 Å². The lowest BCUT2D eigenvalue weighted by atomic mass is 10.2. The van der Waals surface area contributed by atoms with Gasteiger partial charge in [-0.1, -0.05) is 30.3 Å². The highest BCUT2D eigenvalue weighted by Crippen LogP contribution is 2.16. The highest BCUT2D eigenvalue weighted by Gasteiger charge is 2.28. The Morgan fingerprint density at radius 2 is 1.68 bits per heavy atom. The molecule has 0 radical (unpaired) electrons. The summed E-state index contributed by atoms with van der Waals surface area (Å²) in [5.74, 6) is -2.47. The molecule has 0 fully saturated rings. The zero-order valence-electron chi connectivity index (χ0n) is 17.3. The van der Waals surface area contributed by atoms with Gasteiger partial charge in [-0.05, 0) is 38.5 Å². The van der Waals surface area contributed by atoms with Crippen LogP contribution in [0.2, 0.25) is 0 Å². The van der Waals surface area contributed by atoms with Gasteiger partial charge in [-0.2, -0.15) is 0 Å². The lowest BCUT2D eigenvalue weighted by Crippen LogP contribution is -2.50. The summed E-state index contributed by atoms with van der Waals surface area (Å²) in [7, 11) is 0. The zero-order valence-corrected chi connectivity index (χ0v) is 18.2. The van der Waals surface area contributed by atoms with E-state index in [2.05, 4.69) is 10.6 Å². The first kappa shape index (κ1) is 23.9. The number of carboxylic acids is 1. The fourth-order valence-corrected chi connectivity index (χ4v) is 3.09. The number of carbonyl (C=O) groups excluding carboxylic acids is 3. The Labute approximate surface area is 183 Å². The summed E-state index contributed by atoms with van der Waals surface area (Å²) in [5.41, 5.74) is -0.0363. The molecule has 0 saturated heterocycles. The van der Waals surface area contributed by atoms with Crippen LogP contribution >= 0.6 is 11.3 Å². The molecule has 0 unspecified atom stereocenters. The van der Waals surface area contributed by atoms with Crippen LogP contribution in [-0.4, -0.2) is 47.2 Å². The molecule has 0 saturated carbocycles. The van der Waals surface area contributed by atoms with Crippen LogP contribution in [-0.2, 0) is 20.9 Å². The van der Waals surface area contributed by atoms with Crippen molar-refractivity contribution >= 4 is 35.3 Å². The highest BCUT2D eigenvalue weighted by atomic mass is 32.1. The van der Waals surface area contributed by atoms with Crippen LogP contribution < -0.4 is 10.6 Å². The number of alkyl carbamates (subject to hydrolysis) is 1. The molecule has 1 heterocycles. The van der Waals surface area contributed by atoms with E-state index in [1.165, 1.54) is 12.1 Å². The molecule has 31 heavy (non-hydrogen) atoms. The minimum absolute atomic E-state index is 0.00717. The molecule has 3 N–H and O–H groups in total. The van der Waals surface area contributed by atoms with Crippen molar-refractivity contribution in [3.8, 4) is 0 Å². The second-order valence-electron chi connectivity index (χ2n) is 7.47. The summed E-state index contributed by atoms with van der Waals surface area (Å²) in [4.78, 5) is 48.1. The largest absolute Gasteiger partial charge is 0.477 e. The number of nitrogens with one attached hydrogen (secondary N) is 2. The van der Waals surface area contributed by atoms with Gasteiger partial charge in [-0.25, -0.2) is 14.4 Å². The molecule has 0 bridgehead atoms. The Hall–Kier alpha value is -3.40. The summed E-state index contributed by atoms with van der Waals surface area (Å²) >= 11 is 0.799. The molecule has 10 heteroatoms. The highest BCUT2D eigenvalue weighted by molar-refractivity contribution is 7.15. The molecule has 1 aromatic heterocycles. The quantitative estimate of drug-likeness (QED) is 0.529. The van der Waals surface area contributed by atoms with Crippen LogP contribution in [0.15, 0.2) is 42.5 Å². The third-order valence-electron chi connectivity index (χ3n) is 3.70. The smallest absolute Gasteiger partial charge is 0.408 e. The SMILES string of the molecule is CC(C)(C)OC(=O)[C@H](CNC(=O)c1ccc(C(=O)O)s1)NC(=O)OCc1ccccc1. The van der Waals surface area contributed by atoms with E-state index in [0.717, 1.165) is 16.9 Å². The minimum atomic E-state index is -1.20. The van der Waals surface area contributed by atoms with Gasteiger partial charge in [0.25, 0.3) is 5.91 Å². The summed E-state index contributed by atoms with van der Waals surface area (Å²) in [6.45, 7) is 4.76. The first-order chi connectivity index (χ1) is 14.5. The number of carbonyl (C=O) groups is 4. The molecule has 0 aliphatic rings. The van der Waals surface area contributed by atoms with Crippen LogP contribution in [0.1, 0.15) is 45.7 Å². The van der Waals surface area contributed by atoms with Crippen molar-refractivity contribution in [2.75, 3.05) is 6.54 Å². The fraction of sp³-hybridized carbons (Fsp3) is 0.333. The molecule has 0 aliphatic carbocycles. The van der Waals surface area contributed by atoms with Gasteiger partial charge in [0, 0.05) is 6.54 Å². The number of hydrogen-bond donors (Lipinski definition) is 3. The predicted molar refractivity (Wildman–Crippen MR) is 113 cm³/mol. The second-order valence-corrected chi connectivity index (χ2v) is 8.55. The van der Waals surface area contributed by atoms with E-state index in [1.807, 2.05) is 6.07 Å². The van der Waals surface area contributed by atoms with Crippen molar-refractivity contribution < 1.29 is 33.8 Å². The third-order valence-corrected chi connectivity index (χ3v) is 4.78. The number of esters is 1. The van der Waals surface area contributed by atoms with Crippen molar-refractivity contribution in [3.63, 3.8) is 0 Å². The molecule has 2 aromatic rings. The van der Waals surface area contributed by atoms with Gasteiger partial charge in [0.05, 0.1) is 4.88 Å². The number of rotatable bonds is 8. The van der Waals surface area contributed by atoms with Gasteiger partial charge in [-0.15, -0.1) is 11.3 Å². The van der Waals surface area contributed by atoms with Gasteiger partial charge in [0.15, 0.2) is 0 Å². The van der Waals surface area contributed by atoms with E-state index >= 15 is 0 Å². The average molecular weight is 448 g/mol. The van der Waals surface area contributed by atoms with Crippen LogP contribution in [0.4, 0.5) is 4.79 Å². The van der Waals surface area contributed by atoms with E-state index in [9.17, 15) is 19.2 Å². The minimum Gasteiger partial charge on any atom is -0.477 e. The normalized spacial score (nSPS) is 11.8. The maximum absolute atomic E-state index is 12.5. The van der Waals surface area contributed by atoms with Crippen LogP contribution in [0, 0.1) is 0 Å². The van der Waals surface area contributed by atoms with E-state index < -0.39 is 35.6 Å². The Bertz CT molecular complexity index is 935. The van der Waals surface area contributed by atoms with Crippen molar-refractivity contribution in [1.29, 1.82) is 0 Å². The standard InChI is InChI=1S/C21H24N2O7S/c1-21(2,3)30-19(27)14(23-20(28)29-12-13-7-5-4-6-8-13)11-22-17(24)15-9-10-16(31-15)18(25)26/h4-10,14H,11-12H2,1-3H3,(H,22,24)(H,23,28)(H,25,26)/t14-/m0/s1. The zero-order chi connectivity index (χ0) is 23.0. The molecular weight excluding hydrogens is 424 g/mol. The Morgan fingerprint density at radius 3 is 2.26 bits per heavy atom. The molecular formula is C21H24N2O7S. The van der Waals surface area contributed by atoms with E-state index in [1.54, 1.807) is 45.0 Å². The topological polar surface area (TPSA) is 131 Å². The average Bonchev–Trinajstić information content (AvgIpc) is 3.19. The number of benzene rings is 1. The van der Waals surface area contributed by atoms with Gasteiger partial charge in [0.1, 0.15) is 23.1 Å². The lowest BCUT2D eigenvalue weighted by Gasteiger charge is -2.24. The van der Waals surface area contributed by atoms with Crippen LogP contribution in [0.3, 0.4) is 0 Å². The van der Waals surface area contributed by atoms with Crippen LogP contribution in [0.5, 0.6) is 0 Å². The van der Waals surface area contributed by atoms with Gasteiger partial charge < -0.3 is 25.2 Å².